The SMILES string of the molecule is CC1CC(C)C(C2CC(C)CC2C)C1. The van der Waals surface area contributed by atoms with Crippen LogP contribution >= 0.6 is 0 Å². The first-order valence-electron chi connectivity index (χ1n) is 6.58. The molecule has 82 valence electrons. The van der Waals surface area contributed by atoms with Gasteiger partial charge in [-0.15, -0.1) is 0 Å². The molecule has 0 nitrogen and oxygen atoms in total. The predicted octanol–water partition coefficient (Wildman–Crippen LogP) is 4.35. The van der Waals surface area contributed by atoms with Crippen LogP contribution in [0.25, 0.3) is 0 Å². The zero-order chi connectivity index (χ0) is 10.3. The highest BCUT2D eigenvalue weighted by Crippen LogP contribution is 2.49. The van der Waals surface area contributed by atoms with E-state index in [0.717, 1.165) is 35.5 Å². The van der Waals surface area contributed by atoms with Crippen LogP contribution in [0.2, 0.25) is 0 Å². The monoisotopic (exact) mass is 194 g/mol. The molecule has 2 aliphatic rings. The van der Waals surface area contributed by atoms with Gasteiger partial charge in [0.25, 0.3) is 0 Å². The maximum absolute atomic E-state index is 2.49. The molecule has 0 saturated heterocycles. The molecular formula is C14H26. The summed E-state index contributed by atoms with van der Waals surface area (Å²) in [5.74, 6) is 6.12. The normalized spacial score (nSPS) is 54.0. The Kier molecular flexibility index (Phi) is 2.91. The second kappa shape index (κ2) is 3.87. The highest BCUT2D eigenvalue weighted by atomic mass is 14.5. The molecule has 0 aromatic rings. The van der Waals surface area contributed by atoms with Crippen LogP contribution in [0.5, 0.6) is 0 Å². The highest BCUT2D eigenvalue weighted by Gasteiger charge is 2.40. The molecule has 14 heavy (non-hydrogen) atoms. The van der Waals surface area contributed by atoms with Crippen molar-refractivity contribution in [3.8, 4) is 0 Å². The standard InChI is InChI=1S/C14H26/c1-9-5-11(3)13(7-9)14-8-10(2)6-12(14)4/h9-14H,5-8H2,1-4H3. The zero-order valence-corrected chi connectivity index (χ0v) is 10.3. The van der Waals surface area contributed by atoms with Crippen LogP contribution in [-0.4, -0.2) is 0 Å². The van der Waals surface area contributed by atoms with E-state index in [1.54, 1.807) is 0 Å². The van der Waals surface area contributed by atoms with E-state index in [9.17, 15) is 0 Å². The first kappa shape index (κ1) is 10.5. The van der Waals surface area contributed by atoms with Crippen LogP contribution in [0.1, 0.15) is 53.4 Å². The summed E-state index contributed by atoms with van der Waals surface area (Å²) in [6.07, 6.45) is 6.01. The van der Waals surface area contributed by atoms with Gasteiger partial charge < -0.3 is 0 Å². The Morgan fingerprint density at radius 3 is 1.14 bits per heavy atom. The average Bonchev–Trinajstić information content (AvgIpc) is 2.55. The Morgan fingerprint density at radius 2 is 0.929 bits per heavy atom. The Hall–Kier alpha value is 0. The van der Waals surface area contributed by atoms with Gasteiger partial charge in [0.2, 0.25) is 0 Å². The lowest BCUT2D eigenvalue weighted by Crippen LogP contribution is -2.19. The van der Waals surface area contributed by atoms with Gasteiger partial charge in [-0.1, -0.05) is 27.7 Å². The molecule has 0 N–H and O–H groups in total. The van der Waals surface area contributed by atoms with Crippen molar-refractivity contribution in [3.05, 3.63) is 0 Å². The van der Waals surface area contributed by atoms with Crippen molar-refractivity contribution in [2.75, 3.05) is 0 Å². The van der Waals surface area contributed by atoms with Crippen LogP contribution in [0, 0.1) is 35.5 Å². The van der Waals surface area contributed by atoms with Crippen molar-refractivity contribution in [1.29, 1.82) is 0 Å². The lowest BCUT2D eigenvalue weighted by molar-refractivity contribution is 0.227. The van der Waals surface area contributed by atoms with Gasteiger partial charge in [-0.2, -0.15) is 0 Å². The van der Waals surface area contributed by atoms with E-state index in [1.165, 1.54) is 25.7 Å². The molecule has 2 saturated carbocycles. The third-order valence-corrected chi connectivity index (χ3v) is 4.91. The zero-order valence-electron chi connectivity index (χ0n) is 10.3. The fourth-order valence-electron chi connectivity index (χ4n) is 4.40. The van der Waals surface area contributed by atoms with E-state index < -0.39 is 0 Å². The maximum atomic E-state index is 2.49. The summed E-state index contributed by atoms with van der Waals surface area (Å²) in [5.41, 5.74) is 0. The minimum absolute atomic E-state index is 0.998. The van der Waals surface area contributed by atoms with E-state index in [0.29, 0.717) is 0 Å². The van der Waals surface area contributed by atoms with Crippen molar-refractivity contribution in [2.45, 2.75) is 53.4 Å². The van der Waals surface area contributed by atoms with Crippen molar-refractivity contribution in [2.24, 2.45) is 35.5 Å². The average molecular weight is 194 g/mol. The van der Waals surface area contributed by atoms with Gasteiger partial charge in [0, 0.05) is 0 Å². The molecular weight excluding hydrogens is 168 g/mol. The van der Waals surface area contributed by atoms with Gasteiger partial charge in [0.15, 0.2) is 0 Å². The molecule has 0 aliphatic heterocycles. The van der Waals surface area contributed by atoms with Crippen LogP contribution in [0.15, 0.2) is 0 Å². The Bertz CT molecular complexity index is 174. The lowest BCUT2D eigenvalue weighted by atomic mass is 9.79. The molecule has 2 aliphatic carbocycles. The summed E-state index contributed by atoms with van der Waals surface area (Å²) in [5, 5.41) is 0. The van der Waals surface area contributed by atoms with E-state index in [4.69, 9.17) is 0 Å². The first-order valence-corrected chi connectivity index (χ1v) is 6.58. The highest BCUT2D eigenvalue weighted by molar-refractivity contribution is 4.90. The molecule has 6 unspecified atom stereocenters. The summed E-state index contributed by atoms with van der Waals surface area (Å²) in [6, 6.07) is 0. The van der Waals surface area contributed by atoms with Gasteiger partial charge >= 0.3 is 0 Å². The summed E-state index contributed by atoms with van der Waals surface area (Å²) < 4.78 is 0. The van der Waals surface area contributed by atoms with Crippen molar-refractivity contribution in [3.63, 3.8) is 0 Å². The Labute approximate surface area is 89.5 Å². The lowest BCUT2D eigenvalue weighted by Gasteiger charge is -2.26. The van der Waals surface area contributed by atoms with Crippen LogP contribution in [0.4, 0.5) is 0 Å². The van der Waals surface area contributed by atoms with Gasteiger partial charge in [0.1, 0.15) is 0 Å². The predicted molar refractivity (Wildman–Crippen MR) is 62.1 cm³/mol. The maximum Gasteiger partial charge on any atom is -0.0355 e. The summed E-state index contributed by atoms with van der Waals surface area (Å²) >= 11 is 0. The summed E-state index contributed by atoms with van der Waals surface area (Å²) in [4.78, 5) is 0. The van der Waals surface area contributed by atoms with E-state index in [2.05, 4.69) is 27.7 Å². The van der Waals surface area contributed by atoms with Gasteiger partial charge in [0.05, 0.1) is 0 Å². The quantitative estimate of drug-likeness (QED) is 0.582. The molecule has 0 aromatic carbocycles. The second-order valence-electron chi connectivity index (χ2n) is 6.44. The Morgan fingerprint density at radius 1 is 0.571 bits per heavy atom. The number of hydrogen-bond acceptors (Lipinski definition) is 0. The van der Waals surface area contributed by atoms with Crippen LogP contribution in [0.3, 0.4) is 0 Å². The Balaban J connectivity index is 2.01. The fourth-order valence-corrected chi connectivity index (χ4v) is 4.40. The molecule has 0 heteroatoms. The molecule has 0 radical (unpaired) electrons. The molecule has 0 bridgehead atoms. The molecule has 0 spiro atoms. The van der Waals surface area contributed by atoms with Crippen LogP contribution < -0.4 is 0 Å². The summed E-state index contributed by atoms with van der Waals surface area (Å²) in [6.45, 7) is 9.87. The molecule has 2 fully saturated rings. The second-order valence-corrected chi connectivity index (χ2v) is 6.44. The van der Waals surface area contributed by atoms with E-state index >= 15 is 0 Å². The van der Waals surface area contributed by atoms with Crippen molar-refractivity contribution >= 4 is 0 Å². The van der Waals surface area contributed by atoms with Gasteiger partial charge in [-0.25, -0.2) is 0 Å². The molecule has 0 heterocycles. The molecule has 0 amide bonds. The third kappa shape index (κ3) is 1.85. The topological polar surface area (TPSA) is 0 Å². The van der Waals surface area contributed by atoms with E-state index in [-0.39, 0.29) is 0 Å². The van der Waals surface area contributed by atoms with Crippen molar-refractivity contribution < 1.29 is 0 Å². The molecule has 6 atom stereocenters. The largest absolute Gasteiger partial charge is 0.0625 e. The first-order chi connectivity index (χ1) is 6.58. The molecule has 0 aromatic heterocycles. The minimum atomic E-state index is 0.998. The van der Waals surface area contributed by atoms with E-state index in [1.807, 2.05) is 0 Å². The van der Waals surface area contributed by atoms with Gasteiger partial charge in [-0.05, 0) is 61.2 Å². The fraction of sp³-hybridized carbons (Fsp3) is 1.00. The van der Waals surface area contributed by atoms with Crippen molar-refractivity contribution in [1.82, 2.24) is 0 Å². The minimum Gasteiger partial charge on any atom is -0.0625 e. The number of hydrogen-bond donors (Lipinski definition) is 0. The molecule has 2 rings (SSSR count). The third-order valence-electron chi connectivity index (χ3n) is 4.91. The smallest absolute Gasteiger partial charge is 0.0355 e. The van der Waals surface area contributed by atoms with Gasteiger partial charge in [-0.3, -0.25) is 0 Å². The summed E-state index contributed by atoms with van der Waals surface area (Å²) in [7, 11) is 0. The van der Waals surface area contributed by atoms with Crippen LogP contribution in [-0.2, 0) is 0 Å². The number of rotatable bonds is 1.